The molecule has 1 N–H and O–H groups in total. The minimum absolute atomic E-state index is 0.130. The second-order valence-electron chi connectivity index (χ2n) is 4.96. The third-order valence-electron chi connectivity index (χ3n) is 3.89. The number of aliphatic hydroxyl groups is 1. The number of pyridine rings is 1. The molecule has 1 aromatic rings. The Balaban J connectivity index is 1.89. The van der Waals surface area contributed by atoms with E-state index in [0.717, 1.165) is 18.7 Å². The molecule has 92 valence electrons. The number of aliphatic hydroxyl groups excluding tert-OH is 1. The average molecular weight is 234 g/mol. The van der Waals surface area contributed by atoms with Gasteiger partial charge in [0, 0.05) is 18.2 Å². The number of piperidine rings is 1. The number of hydrogen-bond acceptors (Lipinski definition) is 4. The van der Waals surface area contributed by atoms with Gasteiger partial charge in [0.2, 0.25) is 5.88 Å². The van der Waals surface area contributed by atoms with Gasteiger partial charge in [0.15, 0.2) is 0 Å². The SMILES string of the molecule is COc1cccc(N2C3CCC2CC(O)C3)n1. The Labute approximate surface area is 101 Å². The summed E-state index contributed by atoms with van der Waals surface area (Å²) in [6.45, 7) is 0. The molecule has 0 aromatic carbocycles. The number of aromatic nitrogens is 1. The molecule has 0 spiro atoms. The Hall–Kier alpha value is -1.29. The van der Waals surface area contributed by atoms with Crippen LogP contribution < -0.4 is 9.64 Å². The Bertz CT molecular complexity index is 396. The maximum Gasteiger partial charge on any atom is 0.214 e. The zero-order valence-corrected chi connectivity index (χ0v) is 10.0. The lowest BCUT2D eigenvalue weighted by Gasteiger charge is -2.38. The van der Waals surface area contributed by atoms with E-state index in [1.165, 1.54) is 12.8 Å². The van der Waals surface area contributed by atoms with Gasteiger partial charge in [-0.3, -0.25) is 0 Å². The van der Waals surface area contributed by atoms with E-state index in [0.29, 0.717) is 18.0 Å². The summed E-state index contributed by atoms with van der Waals surface area (Å²) >= 11 is 0. The van der Waals surface area contributed by atoms with Crippen molar-refractivity contribution in [3.05, 3.63) is 18.2 Å². The molecule has 2 aliphatic heterocycles. The number of rotatable bonds is 2. The molecule has 0 saturated carbocycles. The second kappa shape index (κ2) is 4.18. The zero-order chi connectivity index (χ0) is 11.8. The Morgan fingerprint density at radius 2 is 2.00 bits per heavy atom. The predicted molar refractivity (Wildman–Crippen MR) is 65.3 cm³/mol. The van der Waals surface area contributed by atoms with Crippen molar-refractivity contribution in [2.45, 2.75) is 43.9 Å². The summed E-state index contributed by atoms with van der Waals surface area (Å²) in [6.07, 6.45) is 3.95. The van der Waals surface area contributed by atoms with Gasteiger partial charge in [-0.15, -0.1) is 0 Å². The van der Waals surface area contributed by atoms with Crippen molar-refractivity contribution in [2.24, 2.45) is 0 Å². The van der Waals surface area contributed by atoms with Crippen molar-refractivity contribution in [3.63, 3.8) is 0 Å². The summed E-state index contributed by atoms with van der Waals surface area (Å²) in [4.78, 5) is 6.87. The predicted octanol–water partition coefficient (Wildman–Crippen LogP) is 1.58. The fraction of sp³-hybridized carbons (Fsp3) is 0.615. The van der Waals surface area contributed by atoms with Crippen LogP contribution in [0.1, 0.15) is 25.7 Å². The lowest BCUT2D eigenvalue weighted by atomic mass is 10.00. The summed E-state index contributed by atoms with van der Waals surface area (Å²) in [5.74, 6) is 1.65. The van der Waals surface area contributed by atoms with Gasteiger partial charge in [0.25, 0.3) is 0 Å². The maximum atomic E-state index is 9.78. The molecule has 2 saturated heterocycles. The van der Waals surface area contributed by atoms with Crippen LogP contribution in [0.15, 0.2) is 18.2 Å². The molecular weight excluding hydrogens is 216 g/mol. The van der Waals surface area contributed by atoms with Crippen LogP contribution in [0.2, 0.25) is 0 Å². The van der Waals surface area contributed by atoms with Crippen LogP contribution in [0.25, 0.3) is 0 Å². The van der Waals surface area contributed by atoms with Gasteiger partial charge in [-0.25, -0.2) is 0 Å². The van der Waals surface area contributed by atoms with E-state index in [9.17, 15) is 5.11 Å². The van der Waals surface area contributed by atoms with E-state index >= 15 is 0 Å². The molecule has 4 heteroatoms. The molecule has 3 heterocycles. The zero-order valence-electron chi connectivity index (χ0n) is 10.0. The molecule has 0 aliphatic carbocycles. The van der Waals surface area contributed by atoms with Crippen LogP contribution >= 0.6 is 0 Å². The normalized spacial score (nSPS) is 31.6. The summed E-state index contributed by atoms with van der Waals surface area (Å²) in [7, 11) is 1.64. The first kappa shape index (κ1) is 10.8. The largest absolute Gasteiger partial charge is 0.481 e. The number of ether oxygens (including phenoxy) is 1. The molecule has 2 unspecified atom stereocenters. The highest BCUT2D eigenvalue weighted by Gasteiger charge is 2.40. The van der Waals surface area contributed by atoms with Crippen molar-refractivity contribution in [2.75, 3.05) is 12.0 Å². The molecule has 2 fully saturated rings. The number of methoxy groups -OCH3 is 1. The highest BCUT2D eigenvalue weighted by atomic mass is 16.5. The van der Waals surface area contributed by atoms with Crippen molar-refractivity contribution < 1.29 is 9.84 Å². The van der Waals surface area contributed by atoms with Crippen LogP contribution in [-0.4, -0.2) is 35.4 Å². The topological polar surface area (TPSA) is 45.6 Å². The van der Waals surface area contributed by atoms with E-state index in [4.69, 9.17) is 4.74 Å². The number of nitrogens with zero attached hydrogens (tertiary/aromatic N) is 2. The lowest BCUT2D eigenvalue weighted by Crippen LogP contribution is -2.45. The molecule has 3 rings (SSSR count). The minimum atomic E-state index is -0.130. The highest BCUT2D eigenvalue weighted by molar-refractivity contribution is 5.45. The monoisotopic (exact) mass is 234 g/mol. The van der Waals surface area contributed by atoms with Gasteiger partial charge in [-0.1, -0.05) is 6.07 Å². The molecule has 2 bridgehead atoms. The van der Waals surface area contributed by atoms with Gasteiger partial charge in [-0.2, -0.15) is 4.98 Å². The van der Waals surface area contributed by atoms with Crippen LogP contribution in [0.5, 0.6) is 5.88 Å². The van der Waals surface area contributed by atoms with Gasteiger partial charge in [0.05, 0.1) is 13.2 Å². The van der Waals surface area contributed by atoms with Gasteiger partial charge < -0.3 is 14.7 Å². The molecule has 0 radical (unpaired) electrons. The molecule has 2 atom stereocenters. The molecule has 1 aromatic heterocycles. The molecular formula is C13H18N2O2. The third kappa shape index (κ3) is 1.86. The third-order valence-corrected chi connectivity index (χ3v) is 3.89. The van der Waals surface area contributed by atoms with Gasteiger partial charge in [0.1, 0.15) is 5.82 Å². The van der Waals surface area contributed by atoms with E-state index in [1.54, 1.807) is 7.11 Å². The second-order valence-corrected chi connectivity index (χ2v) is 4.96. The first-order chi connectivity index (χ1) is 8.28. The van der Waals surface area contributed by atoms with Crippen LogP contribution in [0.4, 0.5) is 5.82 Å². The fourth-order valence-electron chi connectivity index (χ4n) is 3.18. The summed E-state index contributed by atoms with van der Waals surface area (Å²) in [5.41, 5.74) is 0. The van der Waals surface area contributed by atoms with Crippen LogP contribution in [-0.2, 0) is 0 Å². The maximum absolute atomic E-state index is 9.78. The van der Waals surface area contributed by atoms with Crippen molar-refractivity contribution in [1.82, 2.24) is 4.98 Å². The smallest absolute Gasteiger partial charge is 0.214 e. The summed E-state index contributed by atoms with van der Waals surface area (Å²) in [5, 5.41) is 9.78. The van der Waals surface area contributed by atoms with E-state index in [-0.39, 0.29) is 6.10 Å². The van der Waals surface area contributed by atoms with E-state index < -0.39 is 0 Å². The first-order valence-corrected chi connectivity index (χ1v) is 6.25. The molecule has 0 amide bonds. The first-order valence-electron chi connectivity index (χ1n) is 6.25. The number of fused-ring (bicyclic) bond motifs is 2. The summed E-state index contributed by atoms with van der Waals surface area (Å²) in [6, 6.07) is 6.77. The van der Waals surface area contributed by atoms with Gasteiger partial charge in [-0.05, 0) is 31.7 Å². The fourth-order valence-corrected chi connectivity index (χ4v) is 3.18. The molecule has 4 nitrogen and oxygen atoms in total. The van der Waals surface area contributed by atoms with Gasteiger partial charge >= 0.3 is 0 Å². The van der Waals surface area contributed by atoms with Crippen molar-refractivity contribution in [3.8, 4) is 5.88 Å². The Morgan fingerprint density at radius 1 is 1.29 bits per heavy atom. The number of anilines is 1. The Kier molecular flexibility index (Phi) is 2.67. The van der Waals surface area contributed by atoms with Crippen molar-refractivity contribution in [1.29, 1.82) is 0 Å². The number of hydrogen-bond donors (Lipinski definition) is 1. The summed E-state index contributed by atoms with van der Waals surface area (Å²) < 4.78 is 5.17. The van der Waals surface area contributed by atoms with E-state index in [2.05, 4.69) is 9.88 Å². The molecule has 17 heavy (non-hydrogen) atoms. The minimum Gasteiger partial charge on any atom is -0.481 e. The lowest BCUT2D eigenvalue weighted by molar-refractivity contribution is 0.126. The highest BCUT2D eigenvalue weighted by Crippen LogP contribution is 2.38. The van der Waals surface area contributed by atoms with Crippen LogP contribution in [0, 0.1) is 0 Å². The molecule has 2 aliphatic rings. The van der Waals surface area contributed by atoms with Crippen LogP contribution in [0.3, 0.4) is 0 Å². The standard InChI is InChI=1S/C13H18N2O2/c1-17-13-4-2-3-12(14-13)15-9-5-6-10(15)8-11(16)7-9/h2-4,9-11,16H,5-8H2,1H3. The average Bonchev–Trinajstić information content (AvgIpc) is 2.62. The quantitative estimate of drug-likeness (QED) is 0.844. The Morgan fingerprint density at radius 3 is 2.65 bits per heavy atom. The van der Waals surface area contributed by atoms with Crippen molar-refractivity contribution >= 4 is 5.82 Å². The van der Waals surface area contributed by atoms with E-state index in [1.807, 2.05) is 18.2 Å².